The summed E-state index contributed by atoms with van der Waals surface area (Å²) in [4.78, 5) is 23.6. The van der Waals surface area contributed by atoms with Crippen molar-refractivity contribution in [2.75, 3.05) is 5.73 Å². The van der Waals surface area contributed by atoms with Crippen LogP contribution in [0.25, 0.3) is 11.3 Å². The Hall–Kier alpha value is -2.08. The van der Waals surface area contributed by atoms with Crippen molar-refractivity contribution in [3.05, 3.63) is 39.3 Å². The van der Waals surface area contributed by atoms with Gasteiger partial charge in [-0.1, -0.05) is 30.4 Å². The van der Waals surface area contributed by atoms with E-state index in [1.54, 1.807) is 17.5 Å². The minimum Gasteiger partial charge on any atom is -0.461 e. The zero-order valence-corrected chi connectivity index (χ0v) is 12.9. The number of benzene rings is 1. The lowest BCUT2D eigenvalue weighted by Crippen LogP contribution is -2.24. The molecule has 2 rings (SSSR count). The summed E-state index contributed by atoms with van der Waals surface area (Å²) in [5.41, 5.74) is 7.86. The van der Waals surface area contributed by atoms with Gasteiger partial charge in [-0.3, -0.25) is 14.2 Å². The third-order valence-electron chi connectivity index (χ3n) is 3.18. The first-order chi connectivity index (χ1) is 10.0. The Morgan fingerprint density at radius 1 is 1.38 bits per heavy atom. The van der Waals surface area contributed by atoms with Gasteiger partial charge in [0, 0.05) is 11.1 Å². The Bertz CT molecular complexity index is 673. The second kappa shape index (κ2) is 6.58. The molecule has 21 heavy (non-hydrogen) atoms. The van der Waals surface area contributed by atoms with Crippen molar-refractivity contribution in [3.8, 4) is 11.3 Å². The monoisotopic (exact) mass is 306 g/mol. The highest BCUT2D eigenvalue weighted by atomic mass is 32.1. The van der Waals surface area contributed by atoms with Crippen LogP contribution < -0.4 is 10.6 Å². The van der Waals surface area contributed by atoms with Crippen LogP contribution in [-0.2, 0) is 16.1 Å². The average Bonchev–Trinajstić information content (AvgIpc) is 2.81. The Kier molecular flexibility index (Phi) is 4.80. The summed E-state index contributed by atoms with van der Waals surface area (Å²) in [6.45, 7) is 3.69. The maximum absolute atomic E-state index is 11.9. The van der Waals surface area contributed by atoms with Gasteiger partial charge in [-0.05, 0) is 31.0 Å². The molecule has 1 aromatic heterocycles. The van der Waals surface area contributed by atoms with Crippen LogP contribution in [0.3, 0.4) is 0 Å². The molecule has 2 aromatic rings. The molecule has 0 amide bonds. The lowest BCUT2D eigenvalue weighted by atomic mass is 10.1. The van der Waals surface area contributed by atoms with Crippen LogP contribution in [0.1, 0.15) is 20.3 Å². The van der Waals surface area contributed by atoms with Crippen LogP contribution >= 0.6 is 11.3 Å². The quantitative estimate of drug-likeness (QED) is 0.680. The molecule has 0 bridgehead atoms. The van der Waals surface area contributed by atoms with Gasteiger partial charge in [-0.2, -0.15) is 0 Å². The van der Waals surface area contributed by atoms with Crippen LogP contribution in [0.2, 0.25) is 0 Å². The molecule has 0 aliphatic rings. The normalized spacial score (nSPS) is 12.1. The van der Waals surface area contributed by atoms with E-state index in [0.29, 0.717) is 11.4 Å². The Morgan fingerprint density at radius 3 is 2.67 bits per heavy atom. The van der Waals surface area contributed by atoms with E-state index in [1.165, 1.54) is 4.57 Å². The van der Waals surface area contributed by atoms with Gasteiger partial charge in [0.25, 0.3) is 0 Å². The zero-order valence-electron chi connectivity index (χ0n) is 12.0. The van der Waals surface area contributed by atoms with Crippen molar-refractivity contribution in [2.45, 2.75) is 32.9 Å². The van der Waals surface area contributed by atoms with Gasteiger partial charge in [0.05, 0.1) is 11.8 Å². The number of esters is 1. The number of rotatable bonds is 5. The van der Waals surface area contributed by atoms with Crippen LogP contribution in [0.4, 0.5) is 5.69 Å². The standard InChI is InChI=1S/C15H18N2O3S/c1-3-10(2)20-14(18)8-17-13(9-21-15(17)19)11-4-6-12(16)7-5-11/h4-7,9-10H,3,8,16H2,1-2H3. The van der Waals surface area contributed by atoms with Crippen LogP contribution in [0, 0.1) is 0 Å². The maximum atomic E-state index is 11.9. The number of nitrogens with zero attached hydrogens (tertiary/aromatic N) is 1. The molecule has 1 atom stereocenters. The number of carbonyl (C=O) groups is 1. The molecule has 5 nitrogen and oxygen atoms in total. The summed E-state index contributed by atoms with van der Waals surface area (Å²) in [6.07, 6.45) is 0.599. The van der Waals surface area contributed by atoms with Crippen LogP contribution in [0.5, 0.6) is 0 Å². The summed E-state index contributed by atoms with van der Waals surface area (Å²) < 4.78 is 6.66. The van der Waals surface area contributed by atoms with Crippen molar-refractivity contribution < 1.29 is 9.53 Å². The lowest BCUT2D eigenvalue weighted by molar-refractivity contribution is -0.149. The molecule has 1 unspecified atom stereocenters. The number of hydrogen-bond acceptors (Lipinski definition) is 5. The van der Waals surface area contributed by atoms with E-state index in [1.807, 2.05) is 26.0 Å². The predicted octanol–water partition coefficient (Wildman–Crippen LogP) is 2.50. The number of nitrogens with two attached hydrogens (primary N) is 1. The fourth-order valence-corrected chi connectivity index (χ4v) is 2.60. The molecule has 0 saturated heterocycles. The molecule has 1 heterocycles. The third kappa shape index (κ3) is 3.72. The van der Waals surface area contributed by atoms with E-state index in [4.69, 9.17) is 10.5 Å². The van der Waals surface area contributed by atoms with E-state index in [9.17, 15) is 9.59 Å². The van der Waals surface area contributed by atoms with Gasteiger partial charge in [0.2, 0.25) is 0 Å². The smallest absolute Gasteiger partial charge is 0.326 e. The molecular formula is C15H18N2O3S. The SMILES string of the molecule is CCC(C)OC(=O)Cn1c(-c2ccc(N)cc2)csc1=O. The van der Waals surface area contributed by atoms with E-state index >= 15 is 0 Å². The van der Waals surface area contributed by atoms with E-state index < -0.39 is 5.97 Å². The van der Waals surface area contributed by atoms with Gasteiger partial charge in [0.15, 0.2) is 0 Å². The van der Waals surface area contributed by atoms with Gasteiger partial charge in [-0.25, -0.2) is 0 Å². The first-order valence-corrected chi connectivity index (χ1v) is 7.63. The summed E-state index contributed by atoms with van der Waals surface area (Å²) >= 11 is 1.07. The second-order valence-electron chi connectivity index (χ2n) is 4.80. The van der Waals surface area contributed by atoms with Crippen LogP contribution in [-0.4, -0.2) is 16.6 Å². The molecule has 6 heteroatoms. The van der Waals surface area contributed by atoms with Crippen molar-refractivity contribution in [2.24, 2.45) is 0 Å². The summed E-state index contributed by atoms with van der Waals surface area (Å²) in [5.74, 6) is -0.401. The molecule has 0 radical (unpaired) electrons. The Balaban J connectivity index is 2.24. The van der Waals surface area contributed by atoms with E-state index in [2.05, 4.69) is 0 Å². The van der Waals surface area contributed by atoms with Gasteiger partial charge >= 0.3 is 10.8 Å². The van der Waals surface area contributed by atoms with Crippen molar-refractivity contribution in [1.29, 1.82) is 0 Å². The number of anilines is 1. The predicted molar refractivity (Wildman–Crippen MR) is 84.3 cm³/mol. The number of nitrogen functional groups attached to an aromatic ring is 1. The molecular weight excluding hydrogens is 288 g/mol. The first kappa shape index (κ1) is 15.3. The first-order valence-electron chi connectivity index (χ1n) is 6.75. The average molecular weight is 306 g/mol. The Morgan fingerprint density at radius 2 is 2.05 bits per heavy atom. The van der Waals surface area contributed by atoms with Crippen LogP contribution in [0.15, 0.2) is 34.4 Å². The minimum absolute atomic E-state index is 0.0770. The number of carbonyl (C=O) groups excluding carboxylic acids is 1. The summed E-state index contributed by atoms with van der Waals surface area (Å²) in [6, 6.07) is 7.18. The number of ether oxygens (including phenoxy) is 1. The number of hydrogen-bond donors (Lipinski definition) is 1. The van der Waals surface area contributed by atoms with Gasteiger partial charge < -0.3 is 10.5 Å². The highest BCUT2D eigenvalue weighted by Gasteiger charge is 2.15. The molecule has 2 N–H and O–H groups in total. The second-order valence-corrected chi connectivity index (χ2v) is 5.62. The van der Waals surface area contributed by atoms with E-state index in [0.717, 1.165) is 23.3 Å². The highest BCUT2D eigenvalue weighted by molar-refractivity contribution is 7.07. The largest absolute Gasteiger partial charge is 0.461 e. The van der Waals surface area contributed by atoms with Crippen molar-refractivity contribution >= 4 is 23.0 Å². The van der Waals surface area contributed by atoms with Crippen molar-refractivity contribution in [3.63, 3.8) is 0 Å². The summed E-state index contributed by atoms with van der Waals surface area (Å²) in [7, 11) is 0. The fourth-order valence-electron chi connectivity index (χ4n) is 1.83. The third-order valence-corrected chi connectivity index (χ3v) is 3.95. The molecule has 112 valence electrons. The maximum Gasteiger partial charge on any atom is 0.326 e. The highest BCUT2D eigenvalue weighted by Crippen LogP contribution is 2.21. The van der Waals surface area contributed by atoms with E-state index in [-0.39, 0.29) is 17.5 Å². The zero-order chi connectivity index (χ0) is 15.4. The molecule has 0 aliphatic carbocycles. The van der Waals surface area contributed by atoms with Crippen molar-refractivity contribution in [1.82, 2.24) is 4.57 Å². The number of thiazole rings is 1. The molecule has 0 fully saturated rings. The fraction of sp³-hybridized carbons (Fsp3) is 0.333. The molecule has 0 aliphatic heterocycles. The minimum atomic E-state index is -0.401. The molecule has 0 spiro atoms. The molecule has 0 saturated carbocycles. The van der Waals surface area contributed by atoms with Gasteiger partial charge in [-0.15, -0.1) is 0 Å². The summed E-state index contributed by atoms with van der Waals surface area (Å²) in [5, 5.41) is 1.74. The lowest BCUT2D eigenvalue weighted by Gasteiger charge is -2.12. The number of aromatic nitrogens is 1. The Labute approximate surface area is 127 Å². The van der Waals surface area contributed by atoms with Gasteiger partial charge in [0.1, 0.15) is 6.54 Å². The topological polar surface area (TPSA) is 74.3 Å². The molecule has 1 aromatic carbocycles.